The largest absolute Gasteiger partial charge is 0.298 e. The van der Waals surface area contributed by atoms with Crippen LogP contribution in [0.2, 0.25) is 0 Å². The first-order valence-corrected chi connectivity index (χ1v) is 10.8. The lowest BCUT2D eigenvalue weighted by Gasteiger charge is -2.17. The lowest BCUT2D eigenvalue weighted by atomic mass is 10.2. The van der Waals surface area contributed by atoms with Crippen LogP contribution in [0.3, 0.4) is 0 Å². The number of hydrogen-bond donors (Lipinski definition) is 1. The van der Waals surface area contributed by atoms with Crippen molar-refractivity contribution in [3.63, 3.8) is 0 Å². The van der Waals surface area contributed by atoms with Crippen molar-refractivity contribution in [1.29, 1.82) is 0 Å². The van der Waals surface area contributed by atoms with Gasteiger partial charge in [-0.3, -0.25) is 19.4 Å². The summed E-state index contributed by atoms with van der Waals surface area (Å²) in [5, 5.41) is 5.04. The molecule has 0 radical (unpaired) electrons. The van der Waals surface area contributed by atoms with Gasteiger partial charge in [-0.25, -0.2) is 13.4 Å². The number of carbonyl (C=O) groups is 1. The summed E-state index contributed by atoms with van der Waals surface area (Å²) in [6.07, 6.45) is 2.28. The van der Waals surface area contributed by atoms with Crippen molar-refractivity contribution in [2.45, 2.75) is 6.42 Å². The fourth-order valence-electron chi connectivity index (χ4n) is 2.86. The fourth-order valence-corrected chi connectivity index (χ4v) is 5.12. The van der Waals surface area contributed by atoms with Gasteiger partial charge in [0.2, 0.25) is 10.0 Å². The normalized spacial score (nSPS) is 15.6. The van der Waals surface area contributed by atoms with E-state index in [-0.39, 0.29) is 11.7 Å². The summed E-state index contributed by atoms with van der Waals surface area (Å²) in [6, 6.07) is 12.2. The first kappa shape index (κ1) is 17.6. The van der Waals surface area contributed by atoms with Gasteiger partial charge in [0.1, 0.15) is 5.69 Å². The number of carbonyl (C=O) groups excluding carboxylic acids is 1. The zero-order valence-electron chi connectivity index (χ0n) is 14.2. The number of amides is 1. The summed E-state index contributed by atoms with van der Waals surface area (Å²) in [5.74, 6) is -0.200. The molecule has 4 rings (SSSR count). The van der Waals surface area contributed by atoms with E-state index in [2.05, 4.69) is 15.3 Å². The van der Waals surface area contributed by atoms with Crippen LogP contribution in [-0.2, 0) is 10.0 Å². The monoisotopic (exact) mass is 400 g/mol. The molecule has 3 aromatic rings. The number of pyridine rings is 1. The van der Waals surface area contributed by atoms with Gasteiger partial charge in [-0.2, -0.15) is 0 Å². The molecule has 0 unspecified atom stereocenters. The van der Waals surface area contributed by atoms with Gasteiger partial charge in [0.25, 0.3) is 5.91 Å². The predicted octanol–water partition coefficient (Wildman–Crippen LogP) is 3.00. The SMILES string of the molecule is O=C(Nc1nc(-c2ccccn2)cs1)c1cccc(N2CCCS2(=O)=O)c1. The molecule has 1 amide bonds. The molecule has 7 nitrogen and oxygen atoms in total. The van der Waals surface area contributed by atoms with Gasteiger partial charge in [0.05, 0.1) is 17.1 Å². The first-order valence-electron chi connectivity index (χ1n) is 8.32. The minimum absolute atomic E-state index is 0.138. The Labute approximate surface area is 160 Å². The third-order valence-electron chi connectivity index (χ3n) is 4.15. The first-order chi connectivity index (χ1) is 13.0. The minimum atomic E-state index is -3.28. The maximum atomic E-state index is 12.6. The number of aromatic nitrogens is 2. The van der Waals surface area contributed by atoms with Crippen LogP contribution in [-0.4, -0.2) is 36.6 Å². The zero-order valence-corrected chi connectivity index (χ0v) is 15.8. The van der Waals surface area contributed by atoms with Crippen molar-refractivity contribution in [2.24, 2.45) is 0 Å². The molecule has 27 heavy (non-hydrogen) atoms. The Morgan fingerprint density at radius 1 is 1.15 bits per heavy atom. The van der Waals surface area contributed by atoms with Crippen LogP contribution in [0.4, 0.5) is 10.8 Å². The summed E-state index contributed by atoms with van der Waals surface area (Å²) in [6.45, 7) is 0.438. The lowest BCUT2D eigenvalue weighted by Crippen LogP contribution is -2.25. The lowest BCUT2D eigenvalue weighted by molar-refractivity contribution is 0.102. The molecule has 1 aromatic carbocycles. The zero-order chi connectivity index (χ0) is 18.9. The molecule has 0 bridgehead atoms. The second-order valence-corrected chi connectivity index (χ2v) is 8.87. The topological polar surface area (TPSA) is 92.3 Å². The molecule has 0 saturated carbocycles. The van der Waals surface area contributed by atoms with E-state index < -0.39 is 10.0 Å². The van der Waals surface area contributed by atoms with E-state index in [9.17, 15) is 13.2 Å². The highest BCUT2D eigenvalue weighted by Gasteiger charge is 2.28. The second kappa shape index (κ2) is 7.09. The Balaban J connectivity index is 1.52. The van der Waals surface area contributed by atoms with E-state index in [1.807, 2.05) is 23.6 Å². The van der Waals surface area contributed by atoms with Crippen LogP contribution >= 0.6 is 11.3 Å². The number of anilines is 2. The molecule has 2 aromatic heterocycles. The van der Waals surface area contributed by atoms with Crippen LogP contribution < -0.4 is 9.62 Å². The van der Waals surface area contributed by atoms with E-state index >= 15 is 0 Å². The van der Waals surface area contributed by atoms with Gasteiger partial charge >= 0.3 is 0 Å². The van der Waals surface area contributed by atoms with Crippen molar-refractivity contribution in [1.82, 2.24) is 9.97 Å². The van der Waals surface area contributed by atoms with E-state index in [0.29, 0.717) is 35.0 Å². The van der Waals surface area contributed by atoms with Crippen LogP contribution in [0.25, 0.3) is 11.4 Å². The van der Waals surface area contributed by atoms with Gasteiger partial charge in [0.15, 0.2) is 5.13 Å². The highest BCUT2D eigenvalue weighted by Crippen LogP contribution is 2.26. The molecule has 1 fully saturated rings. The van der Waals surface area contributed by atoms with Gasteiger partial charge in [-0.1, -0.05) is 12.1 Å². The van der Waals surface area contributed by atoms with E-state index in [0.717, 1.165) is 5.69 Å². The van der Waals surface area contributed by atoms with Crippen LogP contribution in [0, 0.1) is 0 Å². The minimum Gasteiger partial charge on any atom is -0.298 e. The number of nitrogens with one attached hydrogen (secondary N) is 1. The molecular weight excluding hydrogens is 384 g/mol. The molecule has 0 spiro atoms. The molecule has 9 heteroatoms. The Kier molecular flexibility index (Phi) is 4.63. The summed E-state index contributed by atoms with van der Waals surface area (Å²) in [7, 11) is -3.28. The van der Waals surface area contributed by atoms with Gasteiger partial charge in [-0.15, -0.1) is 11.3 Å². The predicted molar refractivity (Wildman–Crippen MR) is 105 cm³/mol. The van der Waals surface area contributed by atoms with Crippen molar-refractivity contribution in [2.75, 3.05) is 21.9 Å². The third-order valence-corrected chi connectivity index (χ3v) is 6.77. The van der Waals surface area contributed by atoms with E-state index in [1.165, 1.54) is 15.6 Å². The average molecular weight is 400 g/mol. The maximum absolute atomic E-state index is 12.6. The summed E-state index contributed by atoms with van der Waals surface area (Å²) in [5.41, 5.74) is 2.31. The summed E-state index contributed by atoms with van der Waals surface area (Å²) >= 11 is 1.31. The van der Waals surface area contributed by atoms with Crippen LogP contribution in [0.1, 0.15) is 16.8 Å². The van der Waals surface area contributed by atoms with E-state index in [1.54, 1.807) is 30.5 Å². The van der Waals surface area contributed by atoms with Crippen molar-refractivity contribution in [3.05, 3.63) is 59.6 Å². The van der Waals surface area contributed by atoms with Gasteiger partial charge < -0.3 is 0 Å². The Bertz CT molecular complexity index is 1080. The van der Waals surface area contributed by atoms with Crippen LogP contribution in [0.5, 0.6) is 0 Å². The number of sulfonamides is 1. The molecule has 0 aliphatic carbocycles. The highest BCUT2D eigenvalue weighted by atomic mass is 32.2. The Morgan fingerprint density at radius 2 is 2.04 bits per heavy atom. The molecule has 1 N–H and O–H groups in total. The summed E-state index contributed by atoms with van der Waals surface area (Å²) in [4.78, 5) is 21.2. The number of benzene rings is 1. The van der Waals surface area contributed by atoms with Crippen molar-refractivity contribution >= 4 is 38.1 Å². The van der Waals surface area contributed by atoms with Crippen molar-refractivity contribution in [3.8, 4) is 11.4 Å². The second-order valence-electron chi connectivity index (χ2n) is 6.00. The molecule has 1 saturated heterocycles. The third kappa shape index (κ3) is 3.69. The number of thiazole rings is 1. The number of hydrogen-bond acceptors (Lipinski definition) is 6. The smallest absolute Gasteiger partial charge is 0.257 e. The quantitative estimate of drug-likeness (QED) is 0.727. The highest BCUT2D eigenvalue weighted by molar-refractivity contribution is 7.93. The van der Waals surface area contributed by atoms with E-state index in [4.69, 9.17) is 0 Å². The molecule has 138 valence electrons. The van der Waals surface area contributed by atoms with Crippen LogP contribution in [0.15, 0.2) is 54.0 Å². The van der Waals surface area contributed by atoms with Crippen molar-refractivity contribution < 1.29 is 13.2 Å². The number of rotatable bonds is 4. The average Bonchev–Trinajstić information content (AvgIpc) is 3.28. The molecule has 3 heterocycles. The molecular formula is C18H16N4O3S2. The molecule has 1 aliphatic rings. The van der Waals surface area contributed by atoms with Gasteiger partial charge in [-0.05, 0) is 36.8 Å². The van der Waals surface area contributed by atoms with Gasteiger partial charge in [0, 0.05) is 23.7 Å². The molecule has 0 atom stereocenters. The Morgan fingerprint density at radius 3 is 2.78 bits per heavy atom. The Hall–Kier alpha value is -2.78. The fraction of sp³-hybridized carbons (Fsp3) is 0.167. The standard InChI is InChI=1S/C18H16N4O3S2/c23-17(21-18-20-16(12-26-18)15-7-1-2-8-19-15)13-5-3-6-14(11-13)22-9-4-10-27(22,24)25/h1-3,5-8,11-12H,4,9-10H2,(H,20,21,23). The summed E-state index contributed by atoms with van der Waals surface area (Å²) < 4.78 is 25.5. The molecule has 1 aliphatic heterocycles. The maximum Gasteiger partial charge on any atom is 0.257 e. The number of nitrogens with zero attached hydrogens (tertiary/aromatic N) is 3.